The summed E-state index contributed by atoms with van der Waals surface area (Å²) in [5.41, 5.74) is 7.32. The summed E-state index contributed by atoms with van der Waals surface area (Å²) in [6, 6.07) is 13.1. The number of thioether (sulfide) groups is 1. The Balaban J connectivity index is 1.91. The molecule has 0 spiro atoms. The summed E-state index contributed by atoms with van der Waals surface area (Å²) in [6.45, 7) is 0. The van der Waals surface area contributed by atoms with E-state index in [9.17, 15) is 4.79 Å². The highest BCUT2D eigenvalue weighted by Crippen LogP contribution is 2.34. The number of carbonyl (C=O) groups excluding carboxylic acids is 1. The number of pyridine rings is 1. The van der Waals surface area contributed by atoms with Gasteiger partial charge in [0, 0.05) is 25.0 Å². The van der Waals surface area contributed by atoms with Gasteiger partial charge < -0.3 is 10.3 Å². The van der Waals surface area contributed by atoms with Crippen LogP contribution in [0.15, 0.2) is 60.0 Å². The van der Waals surface area contributed by atoms with Gasteiger partial charge in [-0.3, -0.25) is 9.78 Å². The van der Waals surface area contributed by atoms with Crippen molar-refractivity contribution in [2.45, 2.75) is 10.4 Å². The fourth-order valence-electron chi connectivity index (χ4n) is 2.19. The molecule has 0 fully saturated rings. The van der Waals surface area contributed by atoms with Crippen LogP contribution >= 0.6 is 11.8 Å². The third-order valence-electron chi connectivity index (χ3n) is 3.36. The average Bonchev–Trinajstić information content (AvgIpc) is 2.94. The van der Waals surface area contributed by atoms with E-state index in [0.717, 1.165) is 11.1 Å². The first kappa shape index (κ1) is 15.2. The third kappa shape index (κ3) is 3.24. The van der Waals surface area contributed by atoms with E-state index < -0.39 is 11.2 Å². The van der Waals surface area contributed by atoms with Crippen molar-refractivity contribution in [1.29, 1.82) is 0 Å². The fraction of sp³-hybridized carbons (Fsp3) is 0.125. The van der Waals surface area contributed by atoms with Crippen molar-refractivity contribution in [1.82, 2.24) is 19.7 Å². The van der Waals surface area contributed by atoms with Gasteiger partial charge in [0.1, 0.15) is 5.25 Å². The molecule has 23 heavy (non-hydrogen) atoms. The molecule has 2 N–H and O–H groups in total. The number of hydrogen-bond donors (Lipinski definition) is 1. The van der Waals surface area contributed by atoms with E-state index in [2.05, 4.69) is 15.2 Å². The van der Waals surface area contributed by atoms with Crippen molar-refractivity contribution >= 4 is 17.7 Å². The molecule has 1 atom stereocenters. The van der Waals surface area contributed by atoms with Crippen LogP contribution in [0.1, 0.15) is 10.8 Å². The summed E-state index contributed by atoms with van der Waals surface area (Å²) in [4.78, 5) is 15.8. The number of aromatic nitrogens is 4. The van der Waals surface area contributed by atoms with Crippen LogP contribution < -0.4 is 5.73 Å². The molecule has 7 heteroatoms. The molecule has 0 aliphatic heterocycles. The van der Waals surface area contributed by atoms with E-state index in [0.29, 0.717) is 11.0 Å². The minimum Gasteiger partial charge on any atom is -0.368 e. The Hall–Kier alpha value is -2.67. The van der Waals surface area contributed by atoms with Crippen LogP contribution in [-0.2, 0) is 11.8 Å². The summed E-state index contributed by atoms with van der Waals surface area (Å²) in [5.74, 6) is 0.306. The predicted molar refractivity (Wildman–Crippen MR) is 88.5 cm³/mol. The average molecular weight is 325 g/mol. The van der Waals surface area contributed by atoms with Crippen molar-refractivity contribution < 1.29 is 4.79 Å². The van der Waals surface area contributed by atoms with E-state index in [1.165, 1.54) is 11.8 Å². The minimum absolute atomic E-state index is 0.408. The van der Waals surface area contributed by atoms with Crippen molar-refractivity contribution in [3.63, 3.8) is 0 Å². The molecular weight excluding hydrogens is 310 g/mol. The molecule has 2 heterocycles. The van der Waals surface area contributed by atoms with Gasteiger partial charge in [-0.15, -0.1) is 10.2 Å². The van der Waals surface area contributed by atoms with Crippen LogP contribution in [0.3, 0.4) is 0 Å². The summed E-state index contributed by atoms with van der Waals surface area (Å²) >= 11 is 1.29. The van der Waals surface area contributed by atoms with E-state index in [1.54, 1.807) is 12.4 Å². The summed E-state index contributed by atoms with van der Waals surface area (Å²) in [5, 5.41) is 8.51. The van der Waals surface area contributed by atoms with Crippen molar-refractivity contribution in [3.05, 3.63) is 60.4 Å². The molecule has 2 aromatic heterocycles. The molecule has 116 valence electrons. The lowest BCUT2D eigenvalue weighted by Crippen LogP contribution is -2.19. The molecule has 0 saturated heterocycles. The summed E-state index contributed by atoms with van der Waals surface area (Å²) in [6.07, 6.45) is 3.40. The second-order valence-electron chi connectivity index (χ2n) is 4.91. The van der Waals surface area contributed by atoms with Gasteiger partial charge in [0.2, 0.25) is 5.91 Å². The Bertz CT molecular complexity index is 804. The molecule has 0 aliphatic carbocycles. The molecule has 1 aromatic carbocycles. The molecule has 0 saturated carbocycles. The highest BCUT2D eigenvalue weighted by Gasteiger charge is 2.22. The second kappa shape index (κ2) is 6.62. The third-order valence-corrected chi connectivity index (χ3v) is 4.66. The van der Waals surface area contributed by atoms with Gasteiger partial charge in [0.25, 0.3) is 0 Å². The van der Waals surface area contributed by atoms with Crippen molar-refractivity contribution in [2.75, 3.05) is 0 Å². The van der Waals surface area contributed by atoms with Crippen LogP contribution in [0.4, 0.5) is 0 Å². The van der Waals surface area contributed by atoms with Gasteiger partial charge in [-0.25, -0.2) is 0 Å². The molecule has 3 aromatic rings. The van der Waals surface area contributed by atoms with Crippen LogP contribution in [0.2, 0.25) is 0 Å². The lowest BCUT2D eigenvalue weighted by Gasteiger charge is -2.12. The quantitative estimate of drug-likeness (QED) is 0.727. The predicted octanol–water partition coefficient (Wildman–Crippen LogP) is 2.20. The Morgan fingerprint density at radius 1 is 1.13 bits per heavy atom. The lowest BCUT2D eigenvalue weighted by molar-refractivity contribution is -0.117. The van der Waals surface area contributed by atoms with Crippen LogP contribution in [0, 0.1) is 0 Å². The zero-order chi connectivity index (χ0) is 16.2. The number of rotatable bonds is 5. The van der Waals surface area contributed by atoms with Gasteiger partial charge in [-0.05, 0) is 17.7 Å². The number of nitrogens with zero attached hydrogens (tertiary/aromatic N) is 4. The first-order valence-corrected chi connectivity index (χ1v) is 7.85. The van der Waals surface area contributed by atoms with E-state index in [-0.39, 0.29) is 0 Å². The first-order valence-electron chi connectivity index (χ1n) is 6.97. The Kier molecular flexibility index (Phi) is 4.38. The molecule has 0 bridgehead atoms. The molecule has 0 aliphatic rings. The number of amides is 1. The smallest absolute Gasteiger partial charge is 0.235 e. The maximum absolute atomic E-state index is 11.8. The molecule has 1 amide bonds. The summed E-state index contributed by atoms with van der Waals surface area (Å²) in [7, 11) is 1.86. The molecule has 1 unspecified atom stereocenters. The molecule has 6 nitrogen and oxygen atoms in total. The van der Waals surface area contributed by atoms with Gasteiger partial charge in [-0.1, -0.05) is 42.1 Å². The van der Waals surface area contributed by atoms with E-state index in [4.69, 9.17) is 5.73 Å². The zero-order valence-electron chi connectivity index (χ0n) is 12.5. The molecule has 3 rings (SSSR count). The first-order chi connectivity index (χ1) is 11.2. The number of primary amides is 1. The van der Waals surface area contributed by atoms with Gasteiger partial charge >= 0.3 is 0 Å². The maximum atomic E-state index is 11.8. The van der Waals surface area contributed by atoms with Crippen LogP contribution in [0.25, 0.3) is 11.4 Å². The molecule has 0 radical (unpaired) electrons. The standard InChI is InChI=1S/C16H15N5OS/c1-21-15(12-7-9-18-10-8-12)19-20-16(21)23-13(14(17)22)11-5-3-2-4-6-11/h2-10,13H,1H3,(H2,17,22). The molecular formula is C16H15N5OS. The maximum Gasteiger partial charge on any atom is 0.235 e. The highest BCUT2D eigenvalue weighted by molar-refractivity contribution is 8.00. The van der Waals surface area contributed by atoms with Crippen molar-refractivity contribution in [2.24, 2.45) is 12.8 Å². The highest BCUT2D eigenvalue weighted by atomic mass is 32.2. The minimum atomic E-state index is -0.510. The van der Waals surface area contributed by atoms with Gasteiger partial charge in [-0.2, -0.15) is 0 Å². The Morgan fingerprint density at radius 3 is 2.48 bits per heavy atom. The Labute approximate surface area is 137 Å². The van der Waals surface area contributed by atoms with Gasteiger partial charge in [0.05, 0.1) is 0 Å². The number of nitrogens with two attached hydrogens (primary N) is 1. The fourth-order valence-corrected chi connectivity index (χ4v) is 3.15. The summed E-state index contributed by atoms with van der Waals surface area (Å²) < 4.78 is 1.85. The number of carbonyl (C=O) groups is 1. The van der Waals surface area contributed by atoms with E-state index in [1.807, 2.05) is 54.1 Å². The largest absolute Gasteiger partial charge is 0.368 e. The van der Waals surface area contributed by atoms with Gasteiger partial charge in [0.15, 0.2) is 11.0 Å². The lowest BCUT2D eigenvalue weighted by atomic mass is 10.1. The topological polar surface area (TPSA) is 86.7 Å². The zero-order valence-corrected chi connectivity index (χ0v) is 13.3. The normalized spacial score (nSPS) is 12.0. The van der Waals surface area contributed by atoms with E-state index >= 15 is 0 Å². The monoisotopic (exact) mass is 325 g/mol. The second-order valence-corrected chi connectivity index (χ2v) is 5.98. The van der Waals surface area contributed by atoms with Crippen LogP contribution in [0.5, 0.6) is 0 Å². The Morgan fingerprint density at radius 2 is 1.83 bits per heavy atom. The number of benzene rings is 1. The van der Waals surface area contributed by atoms with Crippen molar-refractivity contribution in [3.8, 4) is 11.4 Å². The number of hydrogen-bond acceptors (Lipinski definition) is 5. The van der Waals surface area contributed by atoms with Crippen LogP contribution in [-0.4, -0.2) is 25.7 Å². The SMILES string of the molecule is Cn1c(SC(C(N)=O)c2ccccc2)nnc1-c1ccncc1.